The van der Waals surface area contributed by atoms with Crippen LogP contribution in [0.25, 0.3) is 0 Å². The van der Waals surface area contributed by atoms with Gasteiger partial charge in [0.05, 0.1) is 5.88 Å². The summed E-state index contributed by atoms with van der Waals surface area (Å²) in [4.78, 5) is 11.6. The van der Waals surface area contributed by atoms with Crippen LogP contribution in [0, 0.1) is 0 Å². The maximum Gasteiger partial charge on any atom is 0.199 e. The zero-order chi connectivity index (χ0) is 11.8. The smallest absolute Gasteiger partial charge is 0.199 e. The van der Waals surface area contributed by atoms with Crippen molar-refractivity contribution in [2.45, 2.75) is 12.5 Å². The lowest BCUT2D eigenvalue weighted by Gasteiger charge is -2.33. The third-order valence-corrected chi connectivity index (χ3v) is 2.93. The average molecular weight is 261 g/mol. The number of benzene rings is 1. The third kappa shape index (κ3) is 1.97. The molecular weight excluding hydrogens is 251 g/mol. The number of ether oxygens (including phenoxy) is 2. The van der Waals surface area contributed by atoms with E-state index in [0.29, 0.717) is 16.5 Å². The molecule has 0 bridgehead atoms. The lowest BCUT2D eigenvalue weighted by atomic mass is 10.0. The first-order valence-electron chi connectivity index (χ1n) is 4.76. The van der Waals surface area contributed by atoms with Crippen LogP contribution in [-0.4, -0.2) is 23.9 Å². The van der Waals surface area contributed by atoms with Crippen LogP contribution in [0.1, 0.15) is 6.92 Å². The maximum absolute atomic E-state index is 11.6. The predicted octanol–water partition coefficient (Wildman–Crippen LogP) is 2.68. The van der Waals surface area contributed by atoms with Crippen LogP contribution >= 0.6 is 23.2 Å². The molecule has 1 heterocycles. The Morgan fingerprint density at radius 2 is 2.25 bits per heavy atom. The normalized spacial score (nSPS) is 22.9. The molecule has 0 aliphatic carbocycles. The van der Waals surface area contributed by atoms with E-state index >= 15 is 0 Å². The summed E-state index contributed by atoms with van der Waals surface area (Å²) in [6.07, 6.45) is 0. The summed E-state index contributed by atoms with van der Waals surface area (Å²) in [7, 11) is 0. The van der Waals surface area contributed by atoms with Gasteiger partial charge in [-0.05, 0) is 19.1 Å². The van der Waals surface area contributed by atoms with E-state index in [4.69, 9.17) is 32.7 Å². The Morgan fingerprint density at radius 1 is 1.50 bits per heavy atom. The Hall–Kier alpha value is -0.930. The summed E-state index contributed by atoms with van der Waals surface area (Å²) >= 11 is 11.3. The molecule has 1 aliphatic heterocycles. The SMILES string of the molecule is CC1(C(=O)CCl)COc2cc(Cl)ccc2O1. The number of carbonyl (C=O) groups is 1. The number of fused-ring (bicyclic) bond motifs is 1. The van der Waals surface area contributed by atoms with Gasteiger partial charge in [0.15, 0.2) is 22.9 Å². The van der Waals surface area contributed by atoms with Crippen LogP contribution in [0.2, 0.25) is 5.02 Å². The molecule has 1 aliphatic rings. The van der Waals surface area contributed by atoms with Crippen molar-refractivity contribution in [1.82, 2.24) is 0 Å². The number of hydrogen-bond acceptors (Lipinski definition) is 3. The van der Waals surface area contributed by atoms with Crippen molar-refractivity contribution >= 4 is 29.0 Å². The molecule has 1 aromatic carbocycles. The summed E-state index contributed by atoms with van der Waals surface area (Å²) in [5.41, 5.74) is -1.01. The van der Waals surface area contributed by atoms with E-state index in [-0.39, 0.29) is 18.3 Å². The molecule has 0 radical (unpaired) electrons. The molecule has 2 rings (SSSR count). The monoisotopic (exact) mass is 260 g/mol. The summed E-state index contributed by atoms with van der Waals surface area (Å²) < 4.78 is 11.1. The van der Waals surface area contributed by atoms with Gasteiger partial charge < -0.3 is 9.47 Å². The van der Waals surface area contributed by atoms with Crippen molar-refractivity contribution in [2.24, 2.45) is 0 Å². The topological polar surface area (TPSA) is 35.5 Å². The number of rotatable bonds is 2. The first-order valence-corrected chi connectivity index (χ1v) is 5.67. The number of halogens is 2. The number of hydrogen-bond donors (Lipinski definition) is 0. The molecule has 3 nitrogen and oxygen atoms in total. The lowest BCUT2D eigenvalue weighted by molar-refractivity contribution is -0.135. The number of Topliss-reactive ketones (excluding diaryl/α,β-unsaturated/α-hetero) is 1. The summed E-state index contributed by atoms with van der Waals surface area (Å²) in [6.45, 7) is 1.81. The van der Waals surface area contributed by atoms with Gasteiger partial charge in [-0.25, -0.2) is 0 Å². The second-order valence-corrected chi connectivity index (χ2v) is 4.47. The van der Waals surface area contributed by atoms with Crippen molar-refractivity contribution in [3.8, 4) is 11.5 Å². The maximum atomic E-state index is 11.6. The first kappa shape index (κ1) is 11.6. The van der Waals surface area contributed by atoms with Crippen molar-refractivity contribution in [1.29, 1.82) is 0 Å². The molecule has 5 heteroatoms. The fourth-order valence-corrected chi connectivity index (χ4v) is 1.89. The van der Waals surface area contributed by atoms with Crippen LogP contribution < -0.4 is 9.47 Å². The highest BCUT2D eigenvalue weighted by Gasteiger charge is 2.39. The second kappa shape index (κ2) is 4.15. The van der Waals surface area contributed by atoms with Crippen LogP contribution in [-0.2, 0) is 4.79 Å². The van der Waals surface area contributed by atoms with Crippen molar-refractivity contribution in [2.75, 3.05) is 12.5 Å². The van der Waals surface area contributed by atoms with Crippen LogP contribution in [0.5, 0.6) is 11.5 Å². The number of alkyl halides is 1. The van der Waals surface area contributed by atoms with Gasteiger partial charge in [0.2, 0.25) is 0 Å². The largest absolute Gasteiger partial charge is 0.485 e. The van der Waals surface area contributed by atoms with Crippen molar-refractivity contribution in [3.05, 3.63) is 23.2 Å². The quantitative estimate of drug-likeness (QED) is 0.768. The van der Waals surface area contributed by atoms with Crippen LogP contribution in [0.3, 0.4) is 0 Å². The van der Waals surface area contributed by atoms with E-state index in [0.717, 1.165) is 0 Å². The number of ketones is 1. The van der Waals surface area contributed by atoms with Gasteiger partial charge in [-0.2, -0.15) is 0 Å². The van der Waals surface area contributed by atoms with E-state index in [1.165, 1.54) is 0 Å². The van der Waals surface area contributed by atoms with Crippen LogP contribution in [0.4, 0.5) is 0 Å². The Bertz CT molecular complexity index is 433. The minimum Gasteiger partial charge on any atom is -0.485 e. The highest BCUT2D eigenvalue weighted by molar-refractivity contribution is 6.30. The molecule has 0 fully saturated rings. The standard InChI is InChI=1S/C11H10Cl2O3/c1-11(10(14)5-12)6-15-9-4-7(13)2-3-8(9)16-11/h2-4H,5-6H2,1H3. The van der Waals surface area contributed by atoms with Gasteiger partial charge in [0, 0.05) is 11.1 Å². The minimum atomic E-state index is -1.01. The molecule has 0 N–H and O–H groups in total. The summed E-state index contributed by atoms with van der Waals surface area (Å²) in [6, 6.07) is 5.01. The van der Waals surface area contributed by atoms with Gasteiger partial charge in [0.25, 0.3) is 0 Å². The zero-order valence-electron chi connectivity index (χ0n) is 8.63. The highest BCUT2D eigenvalue weighted by atomic mass is 35.5. The molecule has 0 saturated carbocycles. The Morgan fingerprint density at radius 3 is 2.94 bits per heavy atom. The Kier molecular flexibility index (Phi) is 3.00. The fourth-order valence-electron chi connectivity index (χ4n) is 1.45. The first-order chi connectivity index (χ1) is 7.55. The molecule has 1 unspecified atom stereocenters. The highest BCUT2D eigenvalue weighted by Crippen LogP contribution is 2.37. The fraction of sp³-hybridized carbons (Fsp3) is 0.364. The molecule has 0 amide bonds. The van der Waals surface area contributed by atoms with Crippen molar-refractivity contribution in [3.63, 3.8) is 0 Å². The minimum absolute atomic E-state index is 0.0945. The summed E-state index contributed by atoms with van der Waals surface area (Å²) in [5.74, 6) is 0.765. The molecule has 86 valence electrons. The summed E-state index contributed by atoms with van der Waals surface area (Å²) in [5, 5.41) is 0.564. The van der Waals surface area contributed by atoms with Gasteiger partial charge in [-0.3, -0.25) is 4.79 Å². The molecule has 0 spiro atoms. The van der Waals surface area contributed by atoms with E-state index in [9.17, 15) is 4.79 Å². The van der Waals surface area contributed by atoms with E-state index in [1.54, 1.807) is 25.1 Å². The van der Waals surface area contributed by atoms with E-state index in [2.05, 4.69) is 0 Å². The molecule has 1 aromatic rings. The number of carbonyl (C=O) groups excluding carboxylic acids is 1. The Labute approximate surface area is 103 Å². The van der Waals surface area contributed by atoms with Crippen molar-refractivity contribution < 1.29 is 14.3 Å². The van der Waals surface area contributed by atoms with Gasteiger partial charge in [-0.1, -0.05) is 11.6 Å². The predicted molar refractivity (Wildman–Crippen MR) is 61.7 cm³/mol. The zero-order valence-corrected chi connectivity index (χ0v) is 10.1. The molecule has 16 heavy (non-hydrogen) atoms. The Balaban J connectivity index is 2.30. The average Bonchev–Trinajstić information content (AvgIpc) is 2.28. The van der Waals surface area contributed by atoms with Gasteiger partial charge in [0.1, 0.15) is 6.61 Å². The second-order valence-electron chi connectivity index (χ2n) is 3.77. The molecule has 1 atom stereocenters. The van der Waals surface area contributed by atoms with Gasteiger partial charge >= 0.3 is 0 Å². The molecule has 0 aromatic heterocycles. The van der Waals surface area contributed by atoms with E-state index in [1.807, 2.05) is 0 Å². The lowest BCUT2D eigenvalue weighted by Crippen LogP contribution is -2.49. The van der Waals surface area contributed by atoms with Crippen LogP contribution in [0.15, 0.2) is 18.2 Å². The third-order valence-electron chi connectivity index (χ3n) is 2.46. The van der Waals surface area contributed by atoms with Gasteiger partial charge in [-0.15, -0.1) is 11.6 Å². The van der Waals surface area contributed by atoms with E-state index < -0.39 is 5.60 Å². The molecule has 0 saturated heterocycles. The molecular formula is C11H10Cl2O3.